The minimum absolute atomic E-state index is 0.114. The summed E-state index contributed by atoms with van der Waals surface area (Å²) in [5.74, 6) is 0. The van der Waals surface area contributed by atoms with E-state index in [1.165, 1.54) is 29.5 Å². The first kappa shape index (κ1) is 14.3. The van der Waals surface area contributed by atoms with Gasteiger partial charge in [-0.1, -0.05) is 54.6 Å². The molecule has 0 fully saturated rings. The van der Waals surface area contributed by atoms with Crippen molar-refractivity contribution in [3.63, 3.8) is 0 Å². The first-order valence-electron chi connectivity index (χ1n) is 7.85. The monoisotopic (exact) mass is 281 g/mol. The summed E-state index contributed by atoms with van der Waals surface area (Å²) in [7, 11) is 0. The fourth-order valence-electron chi connectivity index (χ4n) is 3.29. The first-order valence-corrected chi connectivity index (χ1v) is 7.85. The maximum atomic E-state index is 9.70. The first-order chi connectivity index (χ1) is 10.4. The van der Waals surface area contributed by atoms with Crippen LogP contribution >= 0.6 is 0 Å². The molecule has 0 saturated heterocycles. The predicted molar refractivity (Wildman–Crippen MR) is 86.3 cm³/mol. The van der Waals surface area contributed by atoms with Gasteiger partial charge in [-0.3, -0.25) is 0 Å². The zero-order chi connectivity index (χ0) is 14.5. The Morgan fingerprint density at radius 2 is 1.81 bits per heavy atom. The molecule has 2 atom stereocenters. The Kier molecular flexibility index (Phi) is 4.69. The smallest absolute Gasteiger partial charge is 0.0588 e. The molecule has 2 N–H and O–H groups in total. The van der Waals surface area contributed by atoms with Crippen LogP contribution in [0.5, 0.6) is 0 Å². The highest BCUT2D eigenvalue weighted by Crippen LogP contribution is 2.29. The minimum Gasteiger partial charge on any atom is -0.395 e. The van der Waals surface area contributed by atoms with Crippen LogP contribution in [0.3, 0.4) is 0 Å². The van der Waals surface area contributed by atoms with E-state index in [-0.39, 0.29) is 12.6 Å². The average molecular weight is 281 g/mol. The van der Waals surface area contributed by atoms with Crippen LogP contribution in [0.4, 0.5) is 0 Å². The number of aliphatic hydroxyl groups excluding tert-OH is 1. The van der Waals surface area contributed by atoms with Crippen molar-refractivity contribution in [3.8, 4) is 0 Å². The molecule has 0 saturated carbocycles. The Balaban J connectivity index is 1.70. The second-order valence-electron chi connectivity index (χ2n) is 5.88. The molecule has 21 heavy (non-hydrogen) atoms. The lowest BCUT2D eigenvalue weighted by atomic mass is 9.87. The van der Waals surface area contributed by atoms with Gasteiger partial charge in [0.2, 0.25) is 0 Å². The molecule has 1 aliphatic rings. The quantitative estimate of drug-likeness (QED) is 0.881. The van der Waals surface area contributed by atoms with Gasteiger partial charge in [0.1, 0.15) is 0 Å². The number of hydrogen-bond donors (Lipinski definition) is 2. The van der Waals surface area contributed by atoms with Crippen molar-refractivity contribution < 1.29 is 5.11 Å². The topological polar surface area (TPSA) is 32.3 Å². The molecular formula is C19H23NO. The molecule has 110 valence electrons. The maximum Gasteiger partial charge on any atom is 0.0588 e. The fraction of sp³-hybridized carbons (Fsp3) is 0.368. The zero-order valence-corrected chi connectivity index (χ0v) is 12.3. The van der Waals surface area contributed by atoms with Crippen molar-refractivity contribution in [1.29, 1.82) is 0 Å². The Hall–Kier alpha value is -1.64. The lowest BCUT2D eigenvalue weighted by molar-refractivity contribution is 0.225. The summed E-state index contributed by atoms with van der Waals surface area (Å²) >= 11 is 0. The molecule has 0 bridgehead atoms. The molecule has 3 rings (SSSR count). The summed E-state index contributed by atoms with van der Waals surface area (Å²) in [6.45, 7) is 0.174. The molecule has 1 aliphatic carbocycles. The molecule has 2 aromatic carbocycles. The minimum atomic E-state index is 0.114. The van der Waals surface area contributed by atoms with Gasteiger partial charge in [0.05, 0.1) is 6.61 Å². The van der Waals surface area contributed by atoms with E-state index < -0.39 is 0 Å². The number of nitrogens with one attached hydrogen (secondary N) is 1. The van der Waals surface area contributed by atoms with Crippen LogP contribution in [-0.2, 0) is 12.8 Å². The number of fused-ring (bicyclic) bond motifs is 1. The summed E-state index contributed by atoms with van der Waals surface area (Å²) in [5.41, 5.74) is 4.14. The van der Waals surface area contributed by atoms with E-state index in [0.29, 0.717) is 6.04 Å². The van der Waals surface area contributed by atoms with E-state index >= 15 is 0 Å². The van der Waals surface area contributed by atoms with Gasteiger partial charge in [-0.2, -0.15) is 0 Å². The summed E-state index contributed by atoms with van der Waals surface area (Å²) in [5, 5.41) is 13.4. The molecule has 2 nitrogen and oxygen atoms in total. The van der Waals surface area contributed by atoms with Gasteiger partial charge in [0.15, 0.2) is 0 Å². The van der Waals surface area contributed by atoms with E-state index in [1.807, 2.05) is 6.07 Å². The van der Waals surface area contributed by atoms with Gasteiger partial charge in [-0.05, 0) is 42.4 Å². The molecule has 0 spiro atoms. The predicted octanol–water partition coefficient (Wildman–Crippen LogP) is 3.26. The van der Waals surface area contributed by atoms with Gasteiger partial charge >= 0.3 is 0 Å². The summed E-state index contributed by atoms with van der Waals surface area (Å²) in [6, 6.07) is 19.6. The molecule has 0 heterocycles. The molecule has 2 heteroatoms. The van der Waals surface area contributed by atoms with E-state index in [2.05, 4.69) is 53.8 Å². The van der Waals surface area contributed by atoms with E-state index in [4.69, 9.17) is 0 Å². The standard InChI is InChI=1S/C19H23NO/c21-14-17(13-15-7-2-1-3-8-15)20-19-12-6-10-16-9-4-5-11-18(16)19/h1-5,7-9,11,17,19-21H,6,10,12-14H2. The van der Waals surface area contributed by atoms with Crippen molar-refractivity contribution in [2.24, 2.45) is 0 Å². The number of aliphatic hydroxyl groups is 1. The molecule has 0 amide bonds. The largest absolute Gasteiger partial charge is 0.395 e. The number of aryl methyl sites for hydroxylation is 1. The Labute approximate surface area is 126 Å². The maximum absolute atomic E-state index is 9.70. The zero-order valence-electron chi connectivity index (χ0n) is 12.3. The number of rotatable bonds is 5. The Morgan fingerprint density at radius 1 is 1.05 bits per heavy atom. The summed E-state index contributed by atoms with van der Waals surface area (Å²) in [4.78, 5) is 0. The molecule has 0 aromatic heterocycles. The van der Waals surface area contributed by atoms with Crippen LogP contribution in [0.15, 0.2) is 54.6 Å². The van der Waals surface area contributed by atoms with Crippen LogP contribution in [0.1, 0.15) is 35.6 Å². The van der Waals surface area contributed by atoms with E-state index in [1.54, 1.807) is 0 Å². The second kappa shape index (κ2) is 6.88. The second-order valence-corrected chi connectivity index (χ2v) is 5.88. The Morgan fingerprint density at radius 3 is 2.62 bits per heavy atom. The lowest BCUT2D eigenvalue weighted by Crippen LogP contribution is -2.38. The highest BCUT2D eigenvalue weighted by atomic mass is 16.3. The van der Waals surface area contributed by atoms with Gasteiger partial charge in [-0.25, -0.2) is 0 Å². The number of benzene rings is 2. The summed E-state index contributed by atoms with van der Waals surface area (Å²) in [6.07, 6.45) is 4.42. The van der Waals surface area contributed by atoms with Crippen LogP contribution in [0, 0.1) is 0 Å². The fourth-order valence-corrected chi connectivity index (χ4v) is 3.29. The van der Waals surface area contributed by atoms with Crippen molar-refractivity contribution in [2.75, 3.05) is 6.61 Å². The van der Waals surface area contributed by atoms with Crippen LogP contribution in [0.2, 0.25) is 0 Å². The van der Waals surface area contributed by atoms with E-state index in [0.717, 1.165) is 12.8 Å². The van der Waals surface area contributed by atoms with Crippen LogP contribution < -0.4 is 5.32 Å². The lowest BCUT2D eigenvalue weighted by Gasteiger charge is -2.30. The van der Waals surface area contributed by atoms with Crippen molar-refractivity contribution in [2.45, 2.75) is 37.8 Å². The normalized spacial score (nSPS) is 19.0. The van der Waals surface area contributed by atoms with Crippen LogP contribution in [0.25, 0.3) is 0 Å². The molecule has 2 unspecified atom stereocenters. The molecular weight excluding hydrogens is 258 g/mol. The van der Waals surface area contributed by atoms with Gasteiger partial charge in [0.25, 0.3) is 0 Å². The third-order valence-electron chi connectivity index (χ3n) is 4.35. The molecule has 0 radical (unpaired) electrons. The van der Waals surface area contributed by atoms with Crippen molar-refractivity contribution in [1.82, 2.24) is 5.32 Å². The van der Waals surface area contributed by atoms with Crippen LogP contribution in [-0.4, -0.2) is 17.8 Å². The average Bonchev–Trinajstić information content (AvgIpc) is 2.55. The SMILES string of the molecule is OCC(Cc1ccccc1)NC1CCCc2ccccc21. The van der Waals surface area contributed by atoms with Gasteiger partial charge < -0.3 is 10.4 Å². The van der Waals surface area contributed by atoms with E-state index in [9.17, 15) is 5.11 Å². The summed E-state index contributed by atoms with van der Waals surface area (Å²) < 4.78 is 0. The third-order valence-corrected chi connectivity index (χ3v) is 4.35. The third kappa shape index (κ3) is 3.52. The van der Waals surface area contributed by atoms with Gasteiger partial charge in [-0.15, -0.1) is 0 Å². The highest BCUT2D eigenvalue weighted by Gasteiger charge is 2.22. The Bertz CT molecular complexity index is 567. The molecule has 2 aromatic rings. The highest BCUT2D eigenvalue weighted by molar-refractivity contribution is 5.32. The van der Waals surface area contributed by atoms with Crippen molar-refractivity contribution in [3.05, 3.63) is 71.3 Å². The van der Waals surface area contributed by atoms with Gasteiger partial charge in [0, 0.05) is 12.1 Å². The molecule has 0 aliphatic heterocycles. The van der Waals surface area contributed by atoms with Crippen molar-refractivity contribution >= 4 is 0 Å². The number of hydrogen-bond acceptors (Lipinski definition) is 2.